The molecule has 0 saturated heterocycles. The Morgan fingerprint density at radius 1 is 1.19 bits per heavy atom. The molecular formula is C17H19NO3. The van der Waals surface area contributed by atoms with Gasteiger partial charge in [-0.2, -0.15) is 0 Å². The number of nitrogens with zero attached hydrogens (tertiary/aromatic N) is 1. The lowest BCUT2D eigenvalue weighted by Gasteiger charge is -2.27. The second kappa shape index (κ2) is 5.95. The summed E-state index contributed by atoms with van der Waals surface area (Å²) in [4.78, 5) is 15.6. The van der Waals surface area contributed by atoms with E-state index in [1.807, 2.05) is 26.0 Å². The maximum atomic E-state index is 11.5. The van der Waals surface area contributed by atoms with Gasteiger partial charge in [0.05, 0.1) is 7.11 Å². The van der Waals surface area contributed by atoms with Crippen molar-refractivity contribution < 1.29 is 14.3 Å². The molecule has 1 heterocycles. The van der Waals surface area contributed by atoms with Crippen LogP contribution in [0.3, 0.4) is 0 Å². The lowest BCUT2D eigenvalue weighted by molar-refractivity contribution is 0.0990. The van der Waals surface area contributed by atoms with Crippen LogP contribution in [0.2, 0.25) is 0 Å². The van der Waals surface area contributed by atoms with Crippen LogP contribution in [0.5, 0.6) is 11.5 Å². The van der Waals surface area contributed by atoms with Crippen molar-refractivity contribution in [2.45, 2.75) is 26.4 Å². The van der Waals surface area contributed by atoms with Crippen LogP contribution < -0.4 is 9.47 Å². The van der Waals surface area contributed by atoms with Crippen molar-refractivity contribution in [2.24, 2.45) is 0 Å². The topological polar surface area (TPSA) is 48.4 Å². The number of ether oxygens (including phenoxy) is 2. The maximum absolute atomic E-state index is 11.5. The summed E-state index contributed by atoms with van der Waals surface area (Å²) >= 11 is 0. The first kappa shape index (κ1) is 15.0. The van der Waals surface area contributed by atoms with Gasteiger partial charge in [0.1, 0.15) is 5.60 Å². The van der Waals surface area contributed by atoms with Crippen molar-refractivity contribution in [3.05, 3.63) is 53.9 Å². The molecule has 4 nitrogen and oxygen atoms in total. The number of carbonyl (C=O) groups is 1. The molecule has 1 aromatic carbocycles. The molecule has 0 atom stereocenters. The summed E-state index contributed by atoms with van der Waals surface area (Å²) in [6.45, 7) is 5.42. The van der Waals surface area contributed by atoms with Crippen LogP contribution in [0.4, 0.5) is 0 Å². The predicted octanol–water partition coefficient (Wildman–Crippen LogP) is 3.61. The van der Waals surface area contributed by atoms with Crippen LogP contribution in [0.25, 0.3) is 0 Å². The largest absolute Gasteiger partial charge is 0.493 e. The second-order valence-electron chi connectivity index (χ2n) is 5.28. The van der Waals surface area contributed by atoms with Gasteiger partial charge in [-0.3, -0.25) is 9.78 Å². The Kier molecular flexibility index (Phi) is 4.26. The van der Waals surface area contributed by atoms with E-state index in [1.165, 1.54) is 6.92 Å². The zero-order valence-corrected chi connectivity index (χ0v) is 12.7. The Balaban J connectivity index is 2.37. The number of benzene rings is 1. The Morgan fingerprint density at radius 2 is 1.95 bits per heavy atom. The standard InChI is InChI=1S/C17H19NO3/c1-12(19)13-7-8-15(20-4)16(10-13)21-17(2,3)14-6-5-9-18-11-14/h5-11H,1-4H3. The Bertz CT molecular complexity index is 636. The van der Waals surface area contributed by atoms with Gasteiger partial charge in [-0.05, 0) is 45.0 Å². The summed E-state index contributed by atoms with van der Waals surface area (Å²) in [5.41, 5.74) is 0.949. The number of hydrogen-bond donors (Lipinski definition) is 0. The summed E-state index contributed by atoms with van der Waals surface area (Å²) in [6, 6.07) is 8.99. The molecule has 0 radical (unpaired) electrons. The Hall–Kier alpha value is -2.36. The summed E-state index contributed by atoms with van der Waals surface area (Å²) in [7, 11) is 1.58. The van der Waals surface area contributed by atoms with Crippen LogP contribution in [0.1, 0.15) is 36.7 Å². The molecule has 0 unspecified atom stereocenters. The molecule has 0 bridgehead atoms. The molecule has 21 heavy (non-hydrogen) atoms. The van der Waals surface area contributed by atoms with Crippen LogP contribution >= 0.6 is 0 Å². The molecule has 4 heteroatoms. The molecule has 110 valence electrons. The van der Waals surface area contributed by atoms with E-state index in [0.29, 0.717) is 17.1 Å². The number of Topliss-reactive ketones (excluding diaryl/α,β-unsaturated/α-hetero) is 1. The molecule has 0 aliphatic rings. The fraction of sp³-hybridized carbons (Fsp3) is 0.294. The molecule has 0 N–H and O–H groups in total. The monoisotopic (exact) mass is 285 g/mol. The minimum atomic E-state index is -0.586. The Labute approximate surface area is 124 Å². The smallest absolute Gasteiger partial charge is 0.163 e. The average molecular weight is 285 g/mol. The van der Waals surface area contributed by atoms with E-state index < -0.39 is 5.60 Å². The van der Waals surface area contributed by atoms with Gasteiger partial charge in [-0.15, -0.1) is 0 Å². The highest BCUT2D eigenvalue weighted by molar-refractivity contribution is 5.94. The summed E-state index contributed by atoms with van der Waals surface area (Å²) in [6.07, 6.45) is 3.48. The number of ketones is 1. The minimum Gasteiger partial charge on any atom is -0.493 e. The number of methoxy groups -OCH3 is 1. The molecule has 0 aliphatic heterocycles. The number of aromatic nitrogens is 1. The highest BCUT2D eigenvalue weighted by Crippen LogP contribution is 2.34. The first-order valence-electron chi connectivity index (χ1n) is 6.72. The molecule has 2 rings (SSSR count). The van der Waals surface area contributed by atoms with E-state index in [2.05, 4.69) is 4.98 Å². The van der Waals surface area contributed by atoms with E-state index in [9.17, 15) is 4.79 Å². The number of pyridine rings is 1. The molecule has 0 amide bonds. The maximum Gasteiger partial charge on any atom is 0.163 e. The molecule has 0 aliphatic carbocycles. The van der Waals surface area contributed by atoms with Gasteiger partial charge < -0.3 is 9.47 Å². The lowest BCUT2D eigenvalue weighted by atomic mass is 10.00. The van der Waals surface area contributed by atoms with Crippen molar-refractivity contribution in [1.82, 2.24) is 4.98 Å². The van der Waals surface area contributed by atoms with E-state index in [4.69, 9.17) is 9.47 Å². The second-order valence-corrected chi connectivity index (χ2v) is 5.28. The van der Waals surface area contributed by atoms with Gasteiger partial charge in [0.25, 0.3) is 0 Å². The van der Waals surface area contributed by atoms with Crippen molar-refractivity contribution in [3.63, 3.8) is 0 Å². The fourth-order valence-corrected chi connectivity index (χ4v) is 2.03. The van der Waals surface area contributed by atoms with Gasteiger partial charge in [-0.1, -0.05) is 6.07 Å². The van der Waals surface area contributed by atoms with Crippen molar-refractivity contribution >= 4 is 5.78 Å². The third kappa shape index (κ3) is 3.40. The number of rotatable bonds is 5. The normalized spacial score (nSPS) is 11.0. The van der Waals surface area contributed by atoms with Gasteiger partial charge in [0.15, 0.2) is 17.3 Å². The SMILES string of the molecule is COc1ccc(C(C)=O)cc1OC(C)(C)c1cccnc1. The third-order valence-electron chi connectivity index (χ3n) is 3.29. The van der Waals surface area contributed by atoms with Crippen LogP contribution in [-0.4, -0.2) is 17.9 Å². The molecular weight excluding hydrogens is 266 g/mol. The van der Waals surface area contributed by atoms with E-state index in [1.54, 1.807) is 37.7 Å². The molecule has 0 saturated carbocycles. The van der Waals surface area contributed by atoms with E-state index >= 15 is 0 Å². The van der Waals surface area contributed by atoms with Crippen LogP contribution in [-0.2, 0) is 5.60 Å². The van der Waals surface area contributed by atoms with E-state index in [-0.39, 0.29) is 5.78 Å². The number of hydrogen-bond acceptors (Lipinski definition) is 4. The predicted molar refractivity (Wildman–Crippen MR) is 80.9 cm³/mol. The van der Waals surface area contributed by atoms with Gasteiger partial charge in [0, 0.05) is 23.5 Å². The highest BCUT2D eigenvalue weighted by atomic mass is 16.5. The summed E-state index contributed by atoms with van der Waals surface area (Å²) < 4.78 is 11.4. The van der Waals surface area contributed by atoms with Gasteiger partial charge in [-0.25, -0.2) is 0 Å². The lowest BCUT2D eigenvalue weighted by Crippen LogP contribution is -2.25. The van der Waals surface area contributed by atoms with Crippen LogP contribution in [0.15, 0.2) is 42.7 Å². The molecule has 1 aromatic heterocycles. The quantitative estimate of drug-likeness (QED) is 0.787. The van der Waals surface area contributed by atoms with Crippen molar-refractivity contribution in [3.8, 4) is 11.5 Å². The van der Waals surface area contributed by atoms with Crippen molar-refractivity contribution in [2.75, 3.05) is 7.11 Å². The third-order valence-corrected chi connectivity index (χ3v) is 3.29. The Morgan fingerprint density at radius 3 is 2.52 bits per heavy atom. The van der Waals surface area contributed by atoms with Crippen LogP contribution in [0, 0.1) is 0 Å². The summed E-state index contributed by atoms with van der Waals surface area (Å²) in [5, 5.41) is 0. The zero-order chi connectivity index (χ0) is 15.5. The zero-order valence-electron chi connectivity index (χ0n) is 12.7. The minimum absolute atomic E-state index is 0.0123. The first-order chi connectivity index (χ1) is 9.94. The molecule has 2 aromatic rings. The molecule has 0 spiro atoms. The summed E-state index contributed by atoms with van der Waals surface area (Å²) in [5.74, 6) is 1.12. The highest BCUT2D eigenvalue weighted by Gasteiger charge is 2.24. The number of carbonyl (C=O) groups excluding carboxylic acids is 1. The van der Waals surface area contributed by atoms with E-state index in [0.717, 1.165) is 5.56 Å². The average Bonchev–Trinajstić information content (AvgIpc) is 2.47. The first-order valence-corrected chi connectivity index (χ1v) is 6.72. The van der Waals surface area contributed by atoms with Gasteiger partial charge in [0.2, 0.25) is 0 Å². The fourth-order valence-electron chi connectivity index (χ4n) is 2.03. The van der Waals surface area contributed by atoms with Crippen molar-refractivity contribution in [1.29, 1.82) is 0 Å². The van der Waals surface area contributed by atoms with Gasteiger partial charge >= 0.3 is 0 Å². The molecule has 0 fully saturated rings.